The molecule has 2 aromatic heterocycles. The molecule has 0 unspecified atom stereocenters. The van der Waals surface area contributed by atoms with Crippen LogP contribution in [0.4, 0.5) is 5.82 Å². The fourth-order valence-corrected chi connectivity index (χ4v) is 2.89. The number of nitrogens with zero attached hydrogens (tertiary/aromatic N) is 4. The van der Waals surface area contributed by atoms with E-state index < -0.39 is 0 Å². The van der Waals surface area contributed by atoms with Crippen molar-refractivity contribution in [2.24, 2.45) is 0 Å². The van der Waals surface area contributed by atoms with Crippen molar-refractivity contribution in [3.05, 3.63) is 60.2 Å². The van der Waals surface area contributed by atoms with Gasteiger partial charge in [-0.3, -0.25) is 9.97 Å². The summed E-state index contributed by atoms with van der Waals surface area (Å²) in [4.78, 5) is 15.8. The van der Waals surface area contributed by atoms with Crippen LogP contribution < -0.4 is 4.90 Å². The molecule has 0 N–H and O–H groups in total. The molecule has 0 spiro atoms. The Labute approximate surface area is 123 Å². The average Bonchev–Trinajstić information content (AvgIpc) is 2.47. The van der Waals surface area contributed by atoms with Crippen molar-refractivity contribution < 1.29 is 0 Å². The smallest absolute Gasteiger partial charge is 0.129 e. The van der Waals surface area contributed by atoms with Crippen molar-refractivity contribution in [1.82, 2.24) is 15.0 Å². The number of aryl methyl sites for hydroxylation is 1. The summed E-state index contributed by atoms with van der Waals surface area (Å²) < 4.78 is 0. The normalized spacial score (nSPS) is 15.2. The van der Waals surface area contributed by atoms with E-state index in [1.165, 1.54) is 5.39 Å². The largest absolute Gasteiger partial charge is 0.355 e. The van der Waals surface area contributed by atoms with Crippen molar-refractivity contribution in [1.29, 1.82) is 0 Å². The molecular formula is C17H16N4. The predicted molar refractivity (Wildman–Crippen MR) is 83.5 cm³/mol. The Bertz CT molecular complexity index is 793. The van der Waals surface area contributed by atoms with Crippen LogP contribution in [0.2, 0.25) is 0 Å². The number of pyridine rings is 1. The third-order valence-corrected chi connectivity index (χ3v) is 4.10. The summed E-state index contributed by atoms with van der Waals surface area (Å²) in [6, 6.07) is 12.5. The summed E-state index contributed by atoms with van der Waals surface area (Å²) in [5.74, 6) is 1.51. The lowest BCUT2D eigenvalue weighted by Crippen LogP contribution is -2.46. The number of aromatic nitrogens is 3. The van der Waals surface area contributed by atoms with Crippen molar-refractivity contribution in [2.75, 3.05) is 18.0 Å². The number of anilines is 1. The molecule has 0 saturated carbocycles. The maximum atomic E-state index is 4.74. The Morgan fingerprint density at radius 3 is 2.67 bits per heavy atom. The van der Waals surface area contributed by atoms with Crippen LogP contribution in [-0.4, -0.2) is 28.0 Å². The third kappa shape index (κ3) is 2.13. The highest BCUT2D eigenvalue weighted by Gasteiger charge is 2.31. The maximum Gasteiger partial charge on any atom is 0.129 e. The van der Waals surface area contributed by atoms with Crippen LogP contribution in [0, 0.1) is 6.92 Å². The lowest BCUT2D eigenvalue weighted by Gasteiger charge is -2.40. The summed E-state index contributed by atoms with van der Waals surface area (Å²) in [5, 5.41) is 1.18. The first-order chi connectivity index (χ1) is 10.3. The summed E-state index contributed by atoms with van der Waals surface area (Å²) in [5.41, 5.74) is 3.21. The minimum absolute atomic E-state index is 0.465. The minimum Gasteiger partial charge on any atom is -0.355 e. The number of para-hydroxylation sites is 1. The molecule has 1 aliphatic rings. The van der Waals surface area contributed by atoms with Gasteiger partial charge in [-0.25, -0.2) is 4.98 Å². The van der Waals surface area contributed by atoms with Gasteiger partial charge in [-0.2, -0.15) is 0 Å². The standard InChI is InChI=1S/C17H16N4/c1-12-17(19-9-8-18-12)14-10-21(11-14)16-7-6-13-4-2-3-5-15(13)20-16/h2-9,14H,10-11H2,1H3. The molecule has 3 aromatic rings. The molecule has 0 aliphatic carbocycles. The van der Waals surface area contributed by atoms with E-state index in [0.29, 0.717) is 5.92 Å². The van der Waals surface area contributed by atoms with Gasteiger partial charge in [-0.05, 0) is 25.1 Å². The van der Waals surface area contributed by atoms with Crippen LogP contribution in [0.25, 0.3) is 10.9 Å². The van der Waals surface area contributed by atoms with E-state index in [-0.39, 0.29) is 0 Å². The molecule has 1 aliphatic heterocycles. The highest BCUT2D eigenvalue weighted by Crippen LogP contribution is 2.31. The minimum atomic E-state index is 0.465. The number of fused-ring (bicyclic) bond motifs is 1. The van der Waals surface area contributed by atoms with Gasteiger partial charge in [0.05, 0.1) is 16.9 Å². The quantitative estimate of drug-likeness (QED) is 0.721. The monoisotopic (exact) mass is 276 g/mol. The lowest BCUT2D eigenvalue weighted by molar-refractivity contribution is 0.505. The summed E-state index contributed by atoms with van der Waals surface area (Å²) in [7, 11) is 0. The summed E-state index contributed by atoms with van der Waals surface area (Å²) >= 11 is 0. The molecule has 3 heterocycles. The molecule has 4 heteroatoms. The van der Waals surface area contributed by atoms with Crippen LogP contribution in [0.15, 0.2) is 48.8 Å². The Hall–Kier alpha value is -2.49. The molecule has 104 valence electrons. The van der Waals surface area contributed by atoms with Gasteiger partial charge >= 0.3 is 0 Å². The second kappa shape index (κ2) is 4.81. The molecule has 4 rings (SSSR count). The van der Waals surface area contributed by atoms with E-state index in [0.717, 1.165) is 35.8 Å². The number of hydrogen-bond acceptors (Lipinski definition) is 4. The van der Waals surface area contributed by atoms with Crippen LogP contribution in [0.1, 0.15) is 17.3 Å². The molecular weight excluding hydrogens is 260 g/mol. The summed E-state index contributed by atoms with van der Waals surface area (Å²) in [6.45, 7) is 3.95. The Morgan fingerprint density at radius 1 is 1.00 bits per heavy atom. The third-order valence-electron chi connectivity index (χ3n) is 4.10. The average molecular weight is 276 g/mol. The molecule has 0 bridgehead atoms. The van der Waals surface area contributed by atoms with Crippen molar-refractivity contribution in [3.63, 3.8) is 0 Å². The van der Waals surface area contributed by atoms with Crippen molar-refractivity contribution >= 4 is 16.7 Å². The van der Waals surface area contributed by atoms with Gasteiger partial charge < -0.3 is 4.90 Å². The second-order valence-corrected chi connectivity index (χ2v) is 5.49. The predicted octanol–water partition coefficient (Wildman–Crippen LogP) is 2.94. The second-order valence-electron chi connectivity index (χ2n) is 5.49. The Balaban J connectivity index is 1.55. The topological polar surface area (TPSA) is 41.9 Å². The van der Waals surface area contributed by atoms with Crippen molar-refractivity contribution in [3.8, 4) is 0 Å². The number of hydrogen-bond donors (Lipinski definition) is 0. The molecule has 21 heavy (non-hydrogen) atoms. The van der Waals surface area contributed by atoms with Crippen LogP contribution in [-0.2, 0) is 0 Å². The van der Waals surface area contributed by atoms with Gasteiger partial charge in [0, 0.05) is 36.8 Å². The zero-order chi connectivity index (χ0) is 14.2. The van der Waals surface area contributed by atoms with Gasteiger partial charge in [0.2, 0.25) is 0 Å². The Morgan fingerprint density at radius 2 is 1.81 bits per heavy atom. The number of benzene rings is 1. The molecule has 0 atom stereocenters. The van der Waals surface area contributed by atoms with Gasteiger partial charge in [0.1, 0.15) is 5.82 Å². The SMILES string of the molecule is Cc1nccnc1C1CN(c2ccc3ccccc3n2)C1. The Kier molecular flexibility index (Phi) is 2.81. The van der Waals surface area contributed by atoms with Crippen molar-refractivity contribution in [2.45, 2.75) is 12.8 Å². The first-order valence-electron chi connectivity index (χ1n) is 7.19. The van der Waals surface area contributed by atoms with Crippen LogP contribution in [0.3, 0.4) is 0 Å². The molecule has 0 radical (unpaired) electrons. The lowest BCUT2D eigenvalue weighted by atomic mass is 9.94. The van der Waals surface area contributed by atoms with E-state index in [2.05, 4.69) is 39.1 Å². The van der Waals surface area contributed by atoms with E-state index in [4.69, 9.17) is 4.98 Å². The summed E-state index contributed by atoms with van der Waals surface area (Å²) in [6.07, 6.45) is 3.53. The van der Waals surface area contributed by atoms with E-state index >= 15 is 0 Å². The van der Waals surface area contributed by atoms with Gasteiger partial charge in [0.15, 0.2) is 0 Å². The fourth-order valence-electron chi connectivity index (χ4n) is 2.89. The van der Waals surface area contributed by atoms with Gasteiger partial charge in [-0.1, -0.05) is 18.2 Å². The number of rotatable bonds is 2. The molecule has 1 fully saturated rings. The molecule has 4 nitrogen and oxygen atoms in total. The first-order valence-corrected chi connectivity index (χ1v) is 7.19. The van der Waals surface area contributed by atoms with Gasteiger partial charge in [-0.15, -0.1) is 0 Å². The molecule has 0 amide bonds. The van der Waals surface area contributed by atoms with E-state index in [1.54, 1.807) is 12.4 Å². The highest BCUT2D eigenvalue weighted by atomic mass is 15.2. The molecule has 1 saturated heterocycles. The van der Waals surface area contributed by atoms with Crippen LogP contribution in [0.5, 0.6) is 0 Å². The highest BCUT2D eigenvalue weighted by molar-refractivity contribution is 5.80. The van der Waals surface area contributed by atoms with E-state index in [9.17, 15) is 0 Å². The maximum absolute atomic E-state index is 4.74. The fraction of sp³-hybridized carbons (Fsp3) is 0.235. The van der Waals surface area contributed by atoms with E-state index in [1.807, 2.05) is 19.1 Å². The first kappa shape index (κ1) is 12.3. The molecule has 1 aromatic carbocycles. The zero-order valence-electron chi connectivity index (χ0n) is 11.9. The van der Waals surface area contributed by atoms with Gasteiger partial charge in [0.25, 0.3) is 0 Å². The van der Waals surface area contributed by atoms with Crippen LogP contribution >= 0.6 is 0 Å². The zero-order valence-corrected chi connectivity index (χ0v) is 11.9.